The number of ether oxygens (including phenoxy) is 1. The molecule has 3 rings (SSSR count). The molecule has 1 aromatic carbocycles. The molecule has 1 unspecified atom stereocenters. The van der Waals surface area contributed by atoms with Crippen LogP contribution in [0.1, 0.15) is 47.7 Å². The first kappa shape index (κ1) is 22.6. The lowest BCUT2D eigenvalue weighted by molar-refractivity contribution is -0.129. The average molecular weight is 427 g/mol. The molecule has 1 N–H and O–H groups in total. The van der Waals surface area contributed by atoms with E-state index in [1.165, 1.54) is 4.90 Å². The van der Waals surface area contributed by atoms with Crippen molar-refractivity contribution in [2.45, 2.75) is 32.7 Å². The molecule has 1 aromatic heterocycles. The fraction of sp³-hybridized carbons (Fsp3) is 0.417. The molecule has 0 saturated heterocycles. The molecule has 166 valence electrons. The Balaban J connectivity index is 1.95. The van der Waals surface area contributed by atoms with E-state index in [0.29, 0.717) is 25.5 Å². The molecule has 0 saturated carbocycles. The first-order valence-electron chi connectivity index (χ1n) is 10.6. The smallest absolute Gasteiger partial charge is 0.290 e. The highest BCUT2D eigenvalue weighted by Crippen LogP contribution is 2.39. The van der Waals surface area contributed by atoms with Crippen molar-refractivity contribution in [2.75, 3.05) is 33.8 Å². The molecule has 0 spiro atoms. The minimum Gasteiger partial charge on any atom is -0.503 e. The van der Waals surface area contributed by atoms with Gasteiger partial charge in [-0.2, -0.15) is 0 Å². The normalized spacial score (nSPS) is 16.5. The van der Waals surface area contributed by atoms with Crippen molar-refractivity contribution in [2.24, 2.45) is 0 Å². The number of rotatable bonds is 10. The van der Waals surface area contributed by atoms with Crippen molar-refractivity contribution >= 4 is 11.7 Å². The standard InChI is InChI=1S/C24H30N2O5/c1-5-6-15-30-18-10-8-17(9-11-18)21-20(22(27)19-12-7-16(2)31-19)23(28)24(29)26(21)14-13-25(3)4/h7-12,21,28H,5-6,13-15H2,1-4H3. The summed E-state index contributed by atoms with van der Waals surface area (Å²) < 4.78 is 11.2. The van der Waals surface area contributed by atoms with Crippen LogP contribution in [0.3, 0.4) is 0 Å². The molecule has 7 nitrogen and oxygen atoms in total. The number of nitrogens with zero attached hydrogens (tertiary/aromatic N) is 2. The topological polar surface area (TPSA) is 83.2 Å². The van der Waals surface area contributed by atoms with Gasteiger partial charge in [0, 0.05) is 13.1 Å². The van der Waals surface area contributed by atoms with E-state index in [9.17, 15) is 14.7 Å². The van der Waals surface area contributed by atoms with Crippen LogP contribution < -0.4 is 4.74 Å². The second-order valence-electron chi connectivity index (χ2n) is 7.98. The third-order valence-corrected chi connectivity index (χ3v) is 5.26. The Bertz CT molecular complexity index is 959. The van der Waals surface area contributed by atoms with Crippen molar-refractivity contribution in [3.05, 3.63) is 64.8 Å². The first-order valence-corrected chi connectivity index (χ1v) is 10.6. The molecule has 0 fully saturated rings. The van der Waals surface area contributed by atoms with Gasteiger partial charge in [-0.25, -0.2) is 0 Å². The maximum Gasteiger partial charge on any atom is 0.290 e. The van der Waals surface area contributed by atoms with Crippen LogP contribution in [0.2, 0.25) is 0 Å². The van der Waals surface area contributed by atoms with E-state index in [2.05, 4.69) is 6.92 Å². The molecule has 0 bridgehead atoms. The minimum absolute atomic E-state index is 0.0396. The van der Waals surface area contributed by atoms with E-state index >= 15 is 0 Å². The Labute approximate surface area is 182 Å². The minimum atomic E-state index is -0.699. The molecule has 0 aliphatic carbocycles. The van der Waals surface area contributed by atoms with Gasteiger partial charge in [-0.1, -0.05) is 25.5 Å². The van der Waals surface area contributed by atoms with Gasteiger partial charge in [-0.05, 0) is 57.3 Å². The van der Waals surface area contributed by atoms with Crippen molar-refractivity contribution in [3.8, 4) is 5.75 Å². The van der Waals surface area contributed by atoms with Crippen LogP contribution in [-0.2, 0) is 4.79 Å². The van der Waals surface area contributed by atoms with Crippen molar-refractivity contribution in [3.63, 3.8) is 0 Å². The summed E-state index contributed by atoms with van der Waals surface area (Å²) in [5, 5.41) is 10.6. The molecule has 7 heteroatoms. The number of hydrogen-bond acceptors (Lipinski definition) is 6. The van der Waals surface area contributed by atoms with Crippen LogP contribution in [0.4, 0.5) is 0 Å². The zero-order valence-electron chi connectivity index (χ0n) is 18.6. The Morgan fingerprint density at radius 3 is 2.48 bits per heavy atom. The fourth-order valence-corrected chi connectivity index (χ4v) is 3.54. The van der Waals surface area contributed by atoms with Crippen molar-refractivity contribution in [1.29, 1.82) is 0 Å². The number of likely N-dealkylation sites (N-methyl/N-ethyl adjacent to an activating group) is 1. The Morgan fingerprint density at radius 2 is 1.90 bits per heavy atom. The van der Waals surface area contributed by atoms with Crippen LogP contribution in [-0.4, -0.2) is 60.4 Å². The van der Waals surface area contributed by atoms with Gasteiger partial charge in [-0.15, -0.1) is 0 Å². The number of amides is 1. The van der Waals surface area contributed by atoms with E-state index in [0.717, 1.165) is 24.2 Å². The van der Waals surface area contributed by atoms with E-state index < -0.39 is 23.5 Å². The highest BCUT2D eigenvalue weighted by molar-refractivity contribution is 6.15. The number of aryl methyl sites for hydroxylation is 1. The lowest BCUT2D eigenvalue weighted by atomic mass is 9.95. The summed E-state index contributed by atoms with van der Waals surface area (Å²) in [5.74, 6) is -0.148. The zero-order valence-corrected chi connectivity index (χ0v) is 18.6. The zero-order chi connectivity index (χ0) is 22.5. The van der Waals surface area contributed by atoms with Gasteiger partial charge in [0.1, 0.15) is 11.5 Å². The molecule has 31 heavy (non-hydrogen) atoms. The third-order valence-electron chi connectivity index (χ3n) is 5.26. The fourth-order valence-electron chi connectivity index (χ4n) is 3.54. The van der Waals surface area contributed by atoms with Gasteiger partial charge < -0.3 is 24.1 Å². The summed E-state index contributed by atoms with van der Waals surface area (Å²) in [6.45, 7) is 5.43. The average Bonchev–Trinajstić information content (AvgIpc) is 3.28. The summed E-state index contributed by atoms with van der Waals surface area (Å²) in [4.78, 5) is 29.6. The van der Waals surface area contributed by atoms with E-state index in [1.54, 1.807) is 19.1 Å². The van der Waals surface area contributed by atoms with Gasteiger partial charge >= 0.3 is 0 Å². The highest BCUT2D eigenvalue weighted by atomic mass is 16.5. The van der Waals surface area contributed by atoms with E-state index in [-0.39, 0.29) is 11.3 Å². The Morgan fingerprint density at radius 1 is 1.19 bits per heavy atom. The van der Waals surface area contributed by atoms with Crippen LogP contribution in [0.25, 0.3) is 0 Å². The number of Topliss-reactive ketones (excluding diaryl/α,β-unsaturated/α-hetero) is 1. The van der Waals surface area contributed by atoms with Crippen LogP contribution in [0.15, 0.2) is 52.1 Å². The van der Waals surface area contributed by atoms with Gasteiger partial charge in [-0.3, -0.25) is 9.59 Å². The van der Waals surface area contributed by atoms with E-state index in [4.69, 9.17) is 9.15 Å². The van der Waals surface area contributed by atoms with Crippen LogP contribution in [0.5, 0.6) is 5.75 Å². The number of benzene rings is 1. The number of carbonyl (C=O) groups is 2. The number of aliphatic hydroxyl groups is 1. The molecular formula is C24H30N2O5. The number of hydrogen-bond donors (Lipinski definition) is 1. The van der Waals surface area contributed by atoms with Gasteiger partial charge in [0.05, 0.1) is 18.2 Å². The van der Waals surface area contributed by atoms with Gasteiger partial charge in [0.25, 0.3) is 5.91 Å². The van der Waals surface area contributed by atoms with Crippen molar-refractivity contribution < 1.29 is 23.8 Å². The summed E-state index contributed by atoms with van der Waals surface area (Å²) >= 11 is 0. The van der Waals surface area contributed by atoms with Crippen molar-refractivity contribution in [1.82, 2.24) is 9.80 Å². The lowest BCUT2D eigenvalue weighted by Crippen LogP contribution is -2.36. The summed E-state index contributed by atoms with van der Waals surface area (Å²) in [6, 6.07) is 9.87. The maximum absolute atomic E-state index is 13.2. The molecule has 2 heterocycles. The summed E-state index contributed by atoms with van der Waals surface area (Å²) in [7, 11) is 3.81. The second kappa shape index (κ2) is 9.83. The van der Waals surface area contributed by atoms with E-state index in [1.807, 2.05) is 43.3 Å². The first-order chi connectivity index (χ1) is 14.8. The Kier molecular flexibility index (Phi) is 7.17. The lowest BCUT2D eigenvalue weighted by Gasteiger charge is -2.28. The molecule has 1 amide bonds. The number of carbonyl (C=O) groups excluding carboxylic acids is 2. The molecule has 0 radical (unpaired) electrons. The van der Waals surface area contributed by atoms with Crippen LogP contribution >= 0.6 is 0 Å². The quantitative estimate of drug-likeness (QED) is 0.458. The SMILES string of the molecule is CCCCOc1ccc(C2C(C(=O)c3ccc(C)o3)=C(O)C(=O)N2CCN(C)C)cc1. The number of unbranched alkanes of at least 4 members (excludes halogenated alkanes) is 1. The largest absolute Gasteiger partial charge is 0.503 e. The summed E-state index contributed by atoms with van der Waals surface area (Å²) in [5.41, 5.74) is 0.767. The predicted molar refractivity (Wildman–Crippen MR) is 117 cm³/mol. The molecular weight excluding hydrogens is 396 g/mol. The van der Waals surface area contributed by atoms with Gasteiger partial charge in [0.15, 0.2) is 11.5 Å². The number of aliphatic hydroxyl groups excluding tert-OH is 1. The summed E-state index contributed by atoms with van der Waals surface area (Å²) in [6.07, 6.45) is 2.01. The third kappa shape index (κ3) is 4.99. The van der Waals surface area contributed by atoms with Gasteiger partial charge in [0.2, 0.25) is 5.78 Å². The number of ketones is 1. The van der Waals surface area contributed by atoms with Crippen LogP contribution in [0, 0.1) is 6.92 Å². The molecule has 1 aliphatic heterocycles. The highest BCUT2D eigenvalue weighted by Gasteiger charge is 2.44. The molecule has 2 aromatic rings. The Hall–Kier alpha value is -3.06. The number of furan rings is 1. The monoisotopic (exact) mass is 426 g/mol. The molecule has 1 atom stereocenters. The second-order valence-corrected chi connectivity index (χ2v) is 7.98. The maximum atomic E-state index is 13.2. The molecule has 1 aliphatic rings. The predicted octanol–water partition coefficient (Wildman–Crippen LogP) is 3.91.